The molecule has 2 aromatic heterocycles. The summed E-state index contributed by atoms with van der Waals surface area (Å²) in [7, 11) is 0. The van der Waals surface area contributed by atoms with E-state index in [0.29, 0.717) is 0 Å². The molecule has 2 atom stereocenters. The Hall–Kier alpha value is -2.39. The number of thiocarbonyl (C=S) groups is 1. The molecule has 0 unspecified atom stereocenters. The van der Waals surface area contributed by atoms with Crippen molar-refractivity contribution in [3.8, 4) is 0 Å². The maximum absolute atomic E-state index is 6.35. The van der Waals surface area contributed by atoms with Gasteiger partial charge in [-0.3, -0.25) is 9.88 Å². The third-order valence-electron chi connectivity index (χ3n) is 5.81. The van der Waals surface area contributed by atoms with Gasteiger partial charge in [-0.25, -0.2) is 0 Å². The van der Waals surface area contributed by atoms with Crippen LogP contribution in [0.5, 0.6) is 0 Å². The lowest BCUT2D eigenvalue weighted by molar-refractivity contribution is 0.0347. The van der Waals surface area contributed by atoms with Crippen LogP contribution in [0.15, 0.2) is 81.3 Å². The Kier molecular flexibility index (Phi) is 6.73. The Labute approximate surface area is 197 Å². The minimum Gasteiger partial charge on any atom is -0.452 e. The molecule has 3 aromatic rings. The van der Waals surface area contributed by atoms with E-state index in [1.54, 1.807) is 11.8 Å². The number of hydrogen-bond acceptors (Lipinski definition) is 6. The average Bonchev–Trinajstić information content (AvgIpc) is 3.43. The average molecular weight is 467 g/mol. The molecule has 5 rings (SSSR count). The molecule has 2 aliphatic rings. The second-order valence-corrected chi connectivity index (χ2v) is 9.31. The number of furan rings is 1. The second kappa shape index (κ2) is 10.0. The molecule has 2 saturated heterocycles. The summed E-state index contributed by atoms with van der Waals surface area (Å²) in [6.45, 7) is 5.26. The van der Waals surface area contributed by atoms with Crippen LogP contribution in [0.3, 0.4) is 0 Å². The Morgan fingerprint density at radius 1 is 1.00 bits per heavy atom. The van der Waals surface area contributed by atoms with Crippen molar-refractivity contribution in [1.29, 1.82) is 0 Å². The normalized spacial score (nSPS) is 21.6. The Balaban J connectivity index is 1.39. The van der Waals surface area contributed by atoms with Crippen molar-refractivity contribution < 1.29 is 9.15 Å². The van der Waals surface area contributed by atoms with Crippen molar-refractivity contribution in [2.75, 3.05) is 39.4 Å². The van der Waals surface area contributed by atoms with Crippen molar-refractivity contribution in [2.24, 2.45) is 0 Å². The molecule has 2 fully saturated rings. The van der Waals surface area contributed by atoms with Crippen molar-refractivity contribution in [3.05, 3.63) is 78.3 Å². The summed E-state index contributed by atoms with van der Waals surface area (Å²) in [4.78, 5) is 10.4. The number of benzene rings is 1. The zero-order chi connectivity index (χ0) is 21.8. The maximum atomic E-state index is 6.35. The van der Waals surface area contributed by atoms with E-state index in [9.17, 15) is 0 Å². The van der Waals surface area contributed by atoms with Gasteiger partial charge in [-0.2, -0.15) is 0 Å². The van der Waals surface area contributed by atoms with E-state index in [0.717, 1.165) is 65.9 Å². The highest BCUT2D eigenvalue weighted by molar-refractivity contribution is 7.99. The topological polar surface area (TPSA) is 53.8 Å². The molecule has 0 bridgehead atoms. The monoisotopic (exact) mass is 466 g/mol. The van der Waals surface area contributed by atoms with Gasteiger partial charge < -0.3 is 19.4 Å². The van der Waals surface area contributed by atoms with Crippen LogP contribution < -0.4 is 5.32 Å². The van der Waals surface area contributed by atoms with Gasteiger partial charge in [0.05, 0.1) is 24.9 Å². The molecular weight excluding hydrogens is 440 g/mol. The molecule has 4 heterocycles. The third-order valence-corrected chi connectivity index (χ3v) is 7.09. The van der Waals surface area contributed by atoms with Gasteiger partial charge >= 0.3 is 0 Å². The lowest BCUT2D eigenvalue weighted by Crippen LogP contribution is -2.42. The van der Waals surface area contributed by atoms with Crippen LogP contribution in [0.25, 0.3) is 0 Å². The predicted octanol–water partition coefficient (Wildman–Crippen LogP) is 4.13. The lowest BCUT2D eigenvalue weighted by Gasteiger charge is -2.31. The first-order valence-corrected chi connectivity index (χ1v) is 12.1. The molecule has 0 saturated carbocycles. The van der Waals surface area contributed by atoms with E-state index in [1.807, 2.05) is 48.7 Å². The van der Waals surface area contributed by atoms with Crippen LogP contribution in [0.2, 0.25) is 0 Å². The fraction of sp³-hybridized carbons (Fsp3) is 0.333. The van der Waals surface area contributed by atoms with Crippen LogP contribution in [0.4, 0.5) is 0 Å². The zero-order valence-electron chi connectivity index (χ0n) is 17.7. The zero-order valence-corrected chi connectivity index (χ0v) is 19.4. The smallest absolute Gasteiger partial charge is 0.170 e. The molecule has 2 aliphatic heterocycles. The number of aromatic nitrogens is 1. The van der Waals surface area contributed by atoms with Gasteiger partial charge in [0.25, 0.3) is 0 Å². The number of nitrogens with zero attached hydrogens (tertiary/aromatic N) is 3. The van der Waals surface area contributed by atoms with E-state index in [1.165, 1.54) is 0 Å². The highest BCUT2D eigenvalue weighted by atomic mass is 32.2. The summed E-state index contributed by atoms with van der Waals surface area (Å²) in [6, 6.07) is 20.3. The van der Waals surface area contributed by atoms with Gasteiger partial charge in [-0.1, -0.05) is 36.0 Å². The molecule has 6 nitrogen and oxygen atoms in total. The molecule has 32 heavy (non-hydrogen) atoms. The summed E-state index contributed by atoms with van der Waals surface area (Å²) in [5.41, 5.74) is 0.961. The lowest BCUT2D eigenvalue weighted by atomic mass is 10.0. The van der Waals surface area contributed by atoms with Gasteiger partial charge in [0.15, 0.2) is 10.2 Å². The molecule has 0 spiro atoms. The molecule has 8 heteroatoms. The molecule has 166 valence electrons. The minimum atomic E-state index is -0.0610. The highest BCUT2D eigenvalue weighted by Crippen LogP contribution is 2.41. The van der Waals surface area contributed by atoms with Crippen LogP contribution in [0.1, 0.15) is 23.5 Å². The fourth-order valence-electron chi connectivity index (χ4n) is 4.18. The first-order valence-electron chi connectivity index (χ1n) is 10.9. The number of nitrogens with one attached hydrogen (secondary N) is 1. The van der Waals surface area contributed by atoms with E-state index >= 15 is 0 Å². The first-order chi connectivity index (χ1) is 15.8. The quantitative estimate of drug-likeness (QED) is 0.522. The second-order valence-electron chi connectivity index (χ2n) is 7.85. The number of ether oxygens (including phenoxy) is 1. The largest absolute Gasteiger partial charge is 0.452 e. The SMILES string of the molecule is S=C1N[C@H](c2ccccn2)[C@@H](c2ccc(Sc3ccccc3)o2)N1CCN1CCOCC1. The van der Waals surface area contributed by atoms with Crippen molar-refractivity contribution in [1.82, 2.24) is 20.1 Å². The molecule has 0 radical (unpaired) electrons. The fourth-order valence-corrected chi connectivity index (χ4v) is 5.31. The number of morpholine rings is 1. The summed E-state index contributed by atoms with van der Waals surface area (Å²) >= 11 is 7.40. The first kappa shape index (κ1) is 21.5. The van der Waals surface area contributed by atoms with Crippen molar-refractivity contribution in [3.63, 3.8) is 0 Å². The van der Waals surface area contributed by atoms with Gasteiger partial charge in [-0.05, 0) is 48.6 Å². The number of pyridine rings is 1. The Morgan fingerprint density at radius 2 is 1.81 bits per heavy atom. The van der Waals surface area contributed by atoms with Gasteiger partial charge in [0, 0.05) is 37.3 Å². The van der Waals surface area contributed by atoms with Crippen LogP contribution in [-0.4, -0.2) is 59.3 Å². The van der Waals surface area contributed by atoms with E-state index < -0.39 is 0 Å². The molecule has 0 amide bonds. The maximum Gasteiger partial charge on any atom is 0.170 e. The molecule has 1 aromatic carbocycles. The van der Waals surface area contributed by atoms with Crippen LogP contribution in [-0.2, 0) is 4.74 Å². The summed E-state index contributed by atoms with van der Waals surface area (Å²) in [6.07, 6.45) is 1.83. The van der Waals surface area contributed by atoms with Gasteiger partial charge in [0.2, 0.25) is 0 Å². The standard InChI is InChI=1S/C24H26N4O2S2/c31-24-26-22(19-8-4-5-11-25-19)23(28(24)13-12-27-14-16-29-17-15-27)20-9-10-21(30-20)32-18-6-2-1-3-7-18/h1-11,22-23H,12-17H2,(H,26,31)/t22-,23-/m1/s1. The summed E-state index contributed by atoms with van der Waals surface area (Å²) < 4.78 is 11.8. The minimum absolute atomic E-state index is 0.0523. The Morgan fingerprint density at radius 3 is 2.59 bits per heavy atom. The summed E-state index contributed by atoms with van der Waals surface area (Å²) in [5, 5.41) is 5.12. The molecular formula is C24H26N4O2S2. The van der Waals surface area contributed by atoms with E-state index in [2.05, 4.69) is 38.3 Å². The van der Waals surface area contributed by atoms with Crippen molar-refractivity contribution >= 4 is 29.1 Å². The van der Waals surface area contributed by atoms with E-state index in [4.69, 9.17) is 21.4 Å². The highest BCUT2D eigenvalue weighted by Gasteiger charge is 2.41. The molecule has 0 aliphatic carbocycles. The van der Waals surface area contributed by atoms with Gasteiger partial charge in [0.1, 0.15) is 11.8 Å². The van der Waals surface area contributed by atoms with Crippen LogP contribution in [0, 0.1) is 0 Å². The number of hydrogen-bond donors (Lipinski definition) is 1. The van der Waals surface area contributed by atoms with Crippen LogP contribution >= 0.6 is 24.0 Å². The Bertz CT molecular complexity index is 1020. The summed E-state index contributed by atoms with van der Waals surface area (Å²) in [5.74, 6) is 0.897. The molecule has 1 N–H and O–H groups in total. The number of rotatable bonds is 7. The predicted molar refractivity (Wildman–Crippen MR) is 129 cm³/mol. The van der Waals surface area contributed by atoms with E-state index in [-0.39, 0.29) is 12.1 Å². The third kappa shape index (κ3) is 4.83. The van der Waals surface area contributed by atoms with Crippen molar-refractivity contribution in [2.45, 2.75) is 22.1 Å². The van der Waals surface area contributed by atoms with Gasteiger partial charge in [-0.15, -0.1) is 0 Å².